The van der Waals surface area contributed by atoms with E-state index in [4.69, 9.17) is 9.72 Å². The Kier molecular flexibility index (Phi) is 6.22. The number of ether oxygens (including phenoxy) is 1. The number of thiophene rings is 1. The maximum Gasteiger partial charge on any atom is 0.339 e. The predicted molar refractivity (Wildman–Crippen MR) is 141 cm³/mol. The maximum atomic E-state index is 13.4. The average molecular weight is 483 g/mol. The van der Waals surface area contributed by atoms with Crippen LogP contribution in [0.15, 0.2) is 60.5 Å². The third-order valence-corrected chi connectivity index (χ3v) is 7.34. The summed E-state index contributed by atoms with van der Waals surface area (Å²) in [6.07, 6.45) is 5.47. The van der Waals surface area contributed by atoms with Crippen LogP contribution in [-0.4, -0.2) is 27.9 Å². The van der Waals surface area contributed by atoms with Crippen molar-refractivity contribution in [3.05, 3.63) is 99.1 Å². The minimum absolute atomic E-state index is 0.213. The van der Waals surface area contributed by atoms with Crippen LogP contribution in [0.3, 0.4) is 0 Å². The lowest BCUT2D eigenvalue weighted by molar-refractivity contribution is 0.0475. The molecule has 0 radical (unpaired) electrons. The van der Waals surface area contributed by atoms with Crippen LogP contribution in [0.4, 0.5) is 0 Å². The van der Waals surface area contributed by atoms with Crippen molar-refractivity contribution in [1.29, 1.82) is 0 Å². The number of pyridine rings is 1. The third-order valence-electron chi connectivity index (χ3n) is 6.53. The number of carbonyl (C=O) groups is 2. The molecule has 5 rings (SSSR count). The summed E-state index contributed by atoms with van der Waals surface area (Å²) in [5.74, 6) is -0.694. The molecular formula is C29H26N2O3S. The number of para-hydroxylation sites is 1. The van der Waals surface area contributed by atoms with Gasteiger partial charge in [-0.1, -0.05) is 30.3 Å². The zero-order chi connectivity index (χ0) is 24.5. The van der Waals surface area contributed by atoms with Gasteiger partial charge in [-0.2, -0.15) is 0 Å². The molecule has 0 fully saturated rings. The quantitative estimate of drug-likeness (QED) is 0.173. The molecule has 0 aliphatic heterocycles. The second kappa shape index (κ2) is 9.47. The van der Waals surface area contributed by atoms with Crippen molar-refractivity contribution >= 4 is 45.6 Å². The lowest BCUT2D eigenvalue weighted by atomic mass is 10.0. The molecule has 1 aromatic carbocycles. The molecule has 1 aliphatic carbocycles. The highest BCUT2D eigenvalue weighted by molar-refractivity contribution is 7.10. The zero-order valence-electron chi connectivity index (χ0n) is 19.8. The molecule has 0 saturated heterocycles. The molecule has 0 unspecified atom stereocenters. The molecule has 0 spiro atoms. The van der Waals surface area contributed by atoms with E-state index in [1.54, 1.807) is 17.4 Å². The summed E-state index contributed by atoms with van der Waals surface area (Å²) < 4.78 is 7.64. The summed E-state index contributed by atoms with van der Waals surface area (Å²) in [4.78, 5) is 32.4. The van der Waals surface area contributed by atoms with Gasteiger partial charge in [0.2, 0.25) is 5.78 Å². The van der Waals surface area contributed by atoms with Gasteiger partial charge in [0.25, 0.3) is 0 Å². The molecule has 0 amide bonds. The third kappa shape index (κ3) is 4.26. The summed E-state index contributed by atoms with van der Waals surface area (Å²) in [5.41, 5.74) is 6.52. The number of nitrogens with zero attached hydrogens (tertiary/aromatic N) is 2. The van der Waals surface area contributed by atoms with Gasteiger partial charge in [0.15, 0.2) is 6.61 Å². The molecule has 0 bridgehead atoms. The van der Waals surface area contributed by atoms with Crippen LogP contribution in [0.2, 0.25) is 0 Å². The second-order valence-electron chi connectivity index (χ2n) is 8.70. The second-order valence-corrected chi connectivity index (χ2v) is 9.68. The largest absolute Gasteiger partial charge is 0.454 e. The van der Waals surface area contributed by atoms with Gasteiger partial charge in [-0.3, -0.25) is 4.79 Å². The van der Waals surface area contributed by atoms with Crippen molar-refractivity contribution < 1.29 is 14.3 Å². The Morgan fingerprint density at radius 3 is 2.77 bits per heavy atom. The van der Waals surface area contributed by atoms with E-state index < -0.39 is 5.97 Å². The molecule has 176 valence electrons. The summed E-state index contributed by atoms with van der Waals surface area (Å²) in [6.45, 7) is 7.95. The van der Waals surface area contributed by atoms with Crippen LogP contribution in [0.1, 0.15) is 54.7 Å². The first-order chi connectivity index (χ1) is 17.0. The topological polar surface area (TPSA) is 61.2 Å². The summed E-state index contributed by atoms with van der Waals surface area (Å²) in [5, 5.41) is 2.80. The lowest BCUT2D eigenvalue weighted by Crippen LogP contribution is -2.17. The molecule has 5 nitrogen and oxygen atoms in total. The van der Waals surface area contributed by atoms with E-state index in [9.17, 15) is 9.59 Å². The molecular weight excluding hydrogens is 456 g/mol. The number of hydrogen-bond acceptors (Lipinski definition) is 5. The standard InChI is InChI=1S/C29H26N2O3S/c1-4-13-31-18(2)15-24(19(31)3)26(32)17-34-29(33)27-22-9-5-6-10-25(22)30-28-20(11-12-23(27)28)16-21-8-7-14-35-21/h4-10,14-16H,1,11-13,17H2,2-3H3. The number of benzene rings is 1. The van der Waals surface area contributed by atoms with Gasteiger partial charge in [0, 0.05) is 33.8 Å². The van der Waals surface area contributed by atoms with Crippen LogP contribution in [0.25, 0.3) is 22.6 Å². The van der Waals surface area contributed by atoms with Crippen molar-refractivity contribution in [3.63, 3.8) is 0 Å². The van der Waals surface area contributed by atoms with Gasteiger partial charge in [-0.15, -0.1) is 17.9 Å². The van der Waals surface area contributed by atoms with Gasteiger partial charge in [-0.25, -0.2) is 9.78 Å². The van der Waals surface area contributed by atoms with E-state index in [1.165, 1.54) is 0 Å². The molecule has 3 aromatic heterocycles. The number of esters is 1. The smallest absolute Gasteiger partial charge is 0.339 e. The van der Waals surface area contributed by atoms with Crippen LogP contribution in [0, 0.1) is 13.8 Å². The fourth-order valence-corrected chi connectivity index (χ4v) is 5.51. The molecule has 0 N–H and O–H groups in total. The number of allylic oxidation sites excluding steroid dienone is 2. The fourth-order valence-electron chi connectivity index (χ4n) is 4.83. The maximum absolute atomic E-state index is 13.4. The Hall–Kier alpha value is -3.77. The number of fused-ring (bicyclic) bond motifs is 2. The van der Waals surface area contributed by atoms with E-state index in [0.29, 0.717) is 24.1 Å². The van der Waals surface area contributed by atoms with Crippen molar-refractivity contribution in [2.24, 2.45) is 0 Å². The van der Waals surface area contributed by atoms with Crippen LogP contribution in [0.5, 0.6) is 0 Å². The van der Waals surface area contributed by atoms with Crippen molar-refractivity contribution in [3.8, 4) is 0 Å². The van der Waals surface area contributed by atoms with E-state index in [2.05, 4.69) is 18.7 Å². The summed E-state index contributed by atoms with van der Waals surface area (Å²) in [7, 11) is 0. The summed E-state index contributed by atoms with van der Waals surface area (Å²) in [6, 6.07) is 13.5. The Morgan fingerprint density at radius 2 is 2.00 bits per heavy atom. The fraction of sp³-hybridized carbons (Fsp3) is 0.207. The van der Waals surface area contributed by atoms with Crippen molar-refractivity contribution in [1.82, 2.24) is 9.55 Å². The molecule has 0 saturated carbocycles. The normalized spacial score (nSPS) is 13.8. The first-order valence-electron chi connectivity index (χ1n) is 11.6. The molecule has 3 heterocycles. The van der Waals surface area contributed by atoms with Crippen molar-refractivity contribution in [2.75, 3.05) is 6.61 Å². The van der Waals surface area contributed by atoms with Gasteiger partial charge < -0.3 is 9.30 Å². The van der Waals surface area contributed by atoms with E-state index in [-0.39, 0.29) is 12.4 Å². The lowest BCUT2D eigenvalue weighted by Gasteiger charge is -2.12. The Labute approximate surface area is 208 Å². The van der Waals surface area contributed by atoms with Crippen LogP contribution < -0.4 is 0 Å². The molecule has 35 heavy (non-hydrogen) atoms. The Balaban J connectivity index is 1.46. The highest BCUT2D eigenvalue weighted by Crippen LogP contribution is 2.38. The van der Waals surface area contributed by atoms with Gasteiger partial charge in [-0.05, 0) is 67.5 Å². The molecule has 0 atom stereocenters. The van der Waals surface area contributed by atoms with Gasteiger partial charge >= 0.3 is 5.97 Å². The molecule has 4 aromatic rings. The van der Waals surface area contributed by atoms with Crippen molar-refractivity contribution in [2.45, 2.75) is 33.2 Å². The number of hydrogen-bond donors (Lipinski definition) is 0. The van der Waals surface area contributed by atoms with Gasteiger partial charge in [0.05, 0.1) is 16.8 Å². The SMILES string of the molecule is C=CCn1c(C)cc(C(=O)COC(=O)c2c3c(nc4ccccc24)C(=Cc2cccs2)CC3)c1C. The minimum Gasteiger partial charge on any atom is -0.454 e. The number of aryl methyl sites for hydroxylation is 1. The van der Waals surface area contributed by atoms with E-state index >= 15 is 0 Å². The number of aromatic nitrogens is 2. The summed E-state index contributed by atoms with van der Waals surface area (Å²) >= 11 is 1.67. The monoisotopic (exact) mass is 482 g/mol. The van der Waals surface area contributed by atoms with Gasteiger partial charge in [0.1, 0.15) is 0 Å². The number of ketones is 1. The van der Waals surface area contributed by atoms with E-state index in [1.807, 2.05) is 60.2 Å². The molecule has 1 aliphatic rings. The first kappa shape index (κ1) is 23.0. The molecule has 6 heteroatoms. The van der Waals surface area contributed by atoms with Crippen LogP contribution >= 0.6 is 11.3 Å². The minimum atomic E-state index is -0.481. The first-order valence-corrected chi connectivity index (χ1v) is 12.5. The number of rotatable bonds is 7. The average Bonchev–Trinajstić information content (AvgIpc) is 3.58. The number of Topliss-reactive ketones (excluding diaryl/α,β-unsaturated/α-hetero) is 1. The Morgan fingerprint density at radius 1 is 1.17 bits per heavy atom. The highest BCUT2D eigenvalue weighted by Gasteiger charge is 2.28. The zero-order valence-corrected chi connectivity index (χ0v) is 20.7. The Bertz CT molecular complexity index is 1490. The number of carbonyl (C=O) groups excluding carboxylic acids is 2. The van der Waals surface area contributed by atoms with E-state index in [0.717, 1.165) is 50.4 Å². The van der Waals surface area contributed by atoms with Crippen LogP contribution in [-0.2, 0) is 17.7 Å². The predicted octanol–water partition coefficient (Wildman–Crippen LogP) is 6.43. The highest BCUT2D eigenvalue weighted by atomic mass is 32.1.